The van der Waals surface area contributed by atoms with E-state index in [2.05, 4.69) is 29.2 Å². The molecule has 4 heteroatoms. The number of rotatable bonds is 3. The SMILES string of the molecule is CC1(O)CCCN(C(=O)C2CCN(Cc3ccccc3)CC2)C1. The first-order valence-corrected chi connectivity index (χ1v) is 8.81. The maximum absolute atomic E-state index is 12.7. The largest absolute Gasteiger partial charge is 0.388 e. The van der Waals surface area contributed by atoms with Gasteiger partial charge < -0.3 is 10.0 Å². The third kappa shape index (κ3) is 4.33. The topological polar surface area (TPSA) is 43.8 Å². The Bertz CT molecular complexity index is 521. The van der Waals surface area contributed by atoms with Crippen LogP contribution < -0.4 is 0 Å². The molecule has 0 saturated carbocycles. The standard InChI is InChI=1S/C19H28N2O2/c1-19(23)10-5-11-21(15-19)18(22)17-8-12-20(13-9-17)14-16-6-3-2-4-7-16/h2-4,6-7,17,23H,5,8-15H2,1H3. The number of carbonyl (C=O) groups excluding carboxylic acids is 1. The Morgan fingerprint density at radius 3 is 2.57 bits per heavy atom. The van der Waals surface area contributed by atoms with Crippen LogP contribution in [0.15, 0.2) is 30.3 Å². The minimum absolute atomic E-state index is 0.135. The molecule has 1 aromatic rings. The lowest BCUT2D eigenvalue weighted by molar-refractivity contribution is -0.143. The van der Waals surface area contributed by atoms with Crippen LogP contribution in [0.3, 0.4) is 0 Å². The normalized spacial score (nSPS) is 27.1. The van der Waals surface area contributed by atoms with E-state index >= 15 is 0 Å². The minimum Gasteiger partial charge on any atom is -0.388 e. The lowest BCUT2D eigenvalue weighted by Gasteiger charge is -2.40. The van der Waals surface area contributed by atoms with E-state index in [1.54, 1.807) is 0 Å². The molecule has 2 fully saturated rings. The Labute approximate surface area is 139 Å². The molecule has 3 rings (SSSR count). The number of aliphatic hydroxyl groups is 1. The number of amides is 1. The van der Waals surface area contributed by atoms with Gasteiger partial charge in [-0.25, -0.2) is 0 Å². The fourth-order valence-electron chi connectivity index (χ4n) is 3.85. The lowest BCUT2D eigenvalue weighted by Crippen LogP contribution is -2.51. The number of nitrogens with zero attached hydrogens (tertiary/aromatic N) is 2. The maximum atomic E-state index is 12.7. The zero-order chi connectivity index (χ0) is 16.3. The average molecular weight is 316 g/mol. The number of piperidine rings is 2. The number of benzene rings is 1. The van der Waals surface area contributed by atoms with Gasteiger partial charge in [0.25, 0.3) is 0 Å². The van der Waals surface area contributed by atoms with Crippen molar-refractivity contribution in [3.8, 4) is 0 Å². The summed E-state index contributed by atoms with van der Waals surface area (Å²) >= 11 is 0. The van der Waals surface area contributed by atoms with E-state index < -0.39 is 5.60 Å². The van der Waals surface area contributed by atoms with E-state index in [0.29, 0.717) is 6.54 Å². The molecule has 0 aromatic heterocycles. The van der Waals surface area contributed by atoms with Crippen molar-refractivity contribution >= 4 is 5.91 Å². The van der Waals surface area contributed by atoms with Gasteiger partial charge in [-0.05, 0) is 51.3 Å². The van der Waals surface area contributed by atoms with Crippen LogP contribution in [0.25, 0.3) is 0 Å². The average Bonchev–Trinajstić information content (AvgIpc) is 2.55. The van der Waals surface area contributed by atoms with Gasteiger partial charge in [0.05, 0.1) is 5.60 Å². The van der Waals surface area contributed by atoms with E-state index in [1.807, 2.05) is 17.9 Å². The van der Waals surface area contributed by atoms with Gasteiger partial charge in [-0.1, -0.05) is 30.3 Å². The van der Waals surface area contributed by atoms with Crippen LogP contribution in [0.1, 0.15) is 38.2 Å². The van der Waals surface area contributed by atoms with Crippen molar-refractivity contribution < 1.29 is 9.90 Å². The third-order valence-corrected chi connectivity index (χ3v) is 5.17. The van der Waals surface area contributed by atoms with Crippen LogP contribution in [0.4, 0.5) is 0 Å². The van der Waals surface area contributed by atoms with Crippen molar-refractivity contribution in [3.05, 3.63) is 35.9 Å². The summed E-state index contributed by atoms with van der Waals surface area (Å²) in [6, 6.07) is 10.5. The number of carbonyl (C=O) groups is 1. The fourth-order valence-corrected chi connectivity index (χ4v) is 3.85. The van der Waals surface area contributed by atoms with Gasteiger partial charge in [0.2, 0.25) is 5.91 Å². The fraction of sp³-hybridized carbons (Fsp3) is 0.632. The van der Waals surface area contributed by atoms with Gasteiger partial charge in [-0.2, -0.15) is 0 Å². The van der Waals surface area contributed by atoms with Gasteiger partial charge >= 0.3 is 0 Å². The second-order valence-electron chi connectivity index (χ2n) is 7.40. The molecule has 23 heavy (non-hydrogen) atoms. The number of hydrogen-bond donors (Lipinski definition) is 1. The molecule has 0 spiro atoms. The minimum atomic E-state index is -0.706. The summed E-state index contributed by atoms with van der Waals surface area (Å²) in [5, 5.41) is 10.2. The number of hydrogen-bond acceptors (Lipinski definition) is 3. The Kier molecular flexibility index (Phi) is 5.02. The molecule has 1 atom stereocenters. The molecule has 0 radical (unpaired) electrons. The summed E-state index contributed by atoms with van der Waals surface area (Å²) in [7, 11) is 0. The van der Waals surface area contributed by atoms with E-state index in [4.69, 9.17) is 0 Å². The first kappa shape index (κ1) is 16.5. The van der Waals surface area contributed by atoms with E-state index in [-0.39, 0.29) is 11.8 Å². The monoisotopic (exact) mass is 316 g/mol. The van der Waals surface area contributed by atoms with Crippen LogP contribution in [-0.2, 0) is 11.3 Å². The Morgan fingerprint density at radius 1 is 1.22 bits per heavy atom. The van der Waals surface area contributed by atoms with Gasteiger partial charge in [0.15, 0.2) is 0 Å². The second-order valence-corrected chi connectivity index (χ2v) is 7.40. The van der Waals surface area contributed by atoms with Crippen LogP contribution in [0, 0.1) is 5.92 Å². The first-order valence-electron chi connectivity index (χ1n) is 8.81. The predicted octanol–water partition coefficient (Wildman–Crippen LogP) is 2.27. The summed E-state index contributed by atoms with van der Waals surface area (Å²) in [6.07, 6.45) is 3.58. The van der Waals surface area contributed by atoms with Crippen LogP contribution in [0.2, 0.25) is 0 Å². The molecule has 0 aliphatic carbocycles. The Morgan fingerprint density at radius 2 is 1.91 bits per heavy atom. The maximum Gasteiger partial charge on any atom is 0.225 e. The smallest absolute Gasteiger partial charge is 0.225 e. The highest BCUT2D eigenvalue weighted by Crippen LogP contribution is 2.26. The molecule has 2 aliphatic heterocycles. The van der Waals surface area contributed by atoms with Crippen LogP contribution in [0.5, 0.6) is 0 Å². The molecule has 1 N–H and O–H groups in total. The molecule has 2 saturated heterocycles. The lowest BCUT2D eigenvalue weighted by atomic mass is 9.91. The van der Waals surface area contributed by atoms with Crippen molar-refractivity contribution in [2.75, 3.05) is 26.2 Å². The van der Waals surface area contributed by atoms with Crippen molar-refractivity contribution in [2.24, 2.45) is 5.92 Å². The number of likely N-dealkylation sites (tertiary alicyclic amines) is 2. The Balaban J connectivity index is 1.49. The highest BCUT2D eigenvalue weighted by molar-refractivity contribution is 5.79. The molecular weight excluding hydrogens is 288 g/mol. The van der Waals surface area contributed by atoms with Gasteiger partial charge in [0.1, 0.15) is 0 Å². The summed E-state index contributed by atoms with van der Waals surface area (Å²) in [5.41, 5.74) is 0.631. The van der Waals surface area contributed by atoms with E-state index in [9.17, 15) is 9.90 Å². The van der Waals surface area contributed by atoms with Crippen molar-refractivity contribution in [1.82, 2.24) is 9.80 Å². The van der Waals surface area contributed by atoms with Gasteiger partial charge in [-0.15, -0.1) is 0 Å². The van der Waals surface area contributed by atoms with Crippen molar-refractivity contribution in [3.63, 3.8) is 0 Å². The molecule has 1 amide bonds. The predicted molar refractivity (Wildman–Crippen MR) is 90.9 cm³/mol. The van der Waals surface area contributed by atoms with Crippen molar-refractivity contribution in [2.45, 2.75) is 44.8 Å². The molecule has 126 valence electrons. The van der Waals surface area contributed by atoms with E-state index in [0.717, 1.165) is 51.9 Å². The Hall–Kier alpha value is -1.39. The molecular formula is C19H28N2O2. The quantitative estimate of drug-likeness (QED) is 0.930. The summed E-state index contributed by atoms with van der Waals surface area (Å²) in [4.78, 5) is 17.0. The summed E-state index contributed by atoms with van der Waals surface area (Å²) < 4.78 is 0. The molecule has 1 unspecified atom stereocenters. The van der Waals surface area contributed by atoms with Gasteiger partial charge in [0, 0.05) is 25.6 Å². The highest BCUT2D eigenvalue weighted by Gasteiger charge is 2.35. The molecule has 0 bridgehead atoms. The first-order chi connectivity index (χ1) is 11.0. The van der Waals surface area contributed by atoms with Crippen LogP contribution in [-0.4, -0.2) is 52.6 Å². The molecule has 2 aliphatic rings. The highest BCUT2D eigenvalue weighted by atomic mass is 16.3. The second kappa shape index (κ2) is 7.02. The molecule has 4 nitrogen and oxygen atoms in total. The summed E-state index contributed by atoms with van der Waals surface area (Å²) in [5.74, 6) is 0.389. The summed E-state index contributed by atoms with van der Waals surface area (Å²) in [6.45, 7) is 6.08. The molecule has 1 aromatic carbocycles. The third-order valence-electron chi connectivity index (χ3n) is 5.17. The zero-order valence-electron chi connectivity index (χ0n) is 14.1. The van der Waals surface area contributed by atoms with Crippen molar-refractivity contribution in [1.29, 1.82) is 0 Å². The molecule has 2 heterocycles. The van der Waals surface area contributed by atoms with E-state index in [1.165, 1.54) is 5.56 Å². The van der Waals surface area contributed by atoms with Crippen LogP contribution >= 0.6 is 0 Å². The number of β-amino-alcohol motifs (C(OH)–C–C–N with tert-alkyl or cyclic N) is 1. The van der Waals surface area contributed by atoms with Gasteiger partial charge in [-0.3, -0.25) is 9.69 Å². The zero-order valence-corrected chi connectivity index (χ0v) is 14.1.